The van der Waals surface area contributed by atoms with E-state index in [1.54, 1.807) is 0 Å². The van der Waals surface area contributed by atoms with Crippen LogP contribution < -0.4 is 0 Å². The molecular formula is C30H38N2. The monoisotopic (exact) mass is 426 g/mol. The molecule has 1 aliphatic carbocycles. The lowest BCUT2D eigenvalue weighted by atomic mass is 9.93. The molecule has 0 spiro atoms. The second kappa shape index (κ2) is 10.9. The third-order valence-electron chi connectivity index (χ3n) is 7.14. The highest BCUT2D eigenvalue weighted by atomic mass is 15.2. The number of nitrogens with zero attached hydrogens (tertiary/aromatic N) is 2. The van der Waals surface area contributed by atoms with Crippen molar-refractivity contribution in [3.05, 3.63) is 88.6 Å². The van der Waals surface area contributed by atoms with E-state index in [2.05, 4.69) is 86.3 Å². The van der Waals surface area contributed by atoms with Crippen LogP contribution >= 0.6 is 0 Å². The number of benzene rings is 2. The zero-order valence-corrected chi connectivity index (χ0v) is 20.1. The van der Waals surface area contributed by atoms with Gasteiger partial charge in [-0.3, -0.25) is 9.88 Å². The smallest absolute Gasteiger partial charge is 0.0710 e. The maximum absolute atomic E-state index is 5.14. The van der Waals surface area contributed by atoms with Crippen molar-refractivity contribution in [2.45, 2.75) is 84.8 Å². The summed E-state index contributed by atoms with van der Waals surface area (Å²) in [5, 5.41) is 0. The van der Waals surface area contributed by atoms with E-state index in [9.17, 15) is 0 Å². The van der Waals surface area contributed by atoms with Gasteiger partial charge in [-0.15, -0.1) is 0 Å². The van der Waals surface area contributed by atoms with E-state index in [4.69, 9.17) is 4.98 Å². The third-order valence-corrected chi connectivity index (χ3v) is 7.14. The fourth-order valence-electron chi connectivity index (χ4n) is 5.26. The molecule has 0 unspecified atom stereocenters. The number of hydrogen-bond acceptors (Lipinski definition) is 2. The van der Waals surface area contributed by atoms with E-state index >= 15 is 0 Å². The van der Waals surface area contributed by atoms with Crippen molar-refractivity contribution in [2.24, 2.45) is 0 Å². The van der Waals surface area contributed by atoms with Gasteiger partial charge in [0.15, 0.2) is 0 Å². The minimum absolute atomic E-state index is 0.676. The second-order valence-electron chi connectivity index (χ2n) is 9.28. The van der Waals surface area contributed by atoms with Gasteiger partial charge in [-0.2, -0.15) is 0 Å². The summed E-state index contributed by atoms with van der Waals surface area (Å²) in [6.45, 7) is 8.68. The molecule has 0 radical (unpaired) electrons. The van der Waals surface area contributed by atoms with E-state index < -0.39 is 0 Å². The zero-order chi connectivity index (χ0) is 22.3. The number of rotatable bonds is 8. The maximum atomic E-state index is 5.14. The molecule has 4 rings (SSSR count). The van der Waals surface area contributed by atoms with Crippen LogP contribution in [0, 0.1) is 6.92 Å². The van der Waals surface area contributed by atoms with Crippen LogP contribution in [0.3, 0.4) is 0 Å². The van der Waals surface area contributed by atoms with Crippen LogP contribution in [0.4, 0.5) is 0 Å². The van der Waals surface area contributed by atoms with Crippen molar-refractivity contribution in [3.63, 3.8) is 0 Å². The average Bonchev–Trinajstić information content (AvgIpc) is 2.85. The van der Waals surface area contributed by atoms with E-state index in [-0.39, 0.29) is 0 Å². The Morgan fingerprint density at radius 2 is 1.44 bits per heavy atom. The van der Waals surface area contributed by atoms with Gasteiger partial charge >= 0.3 is 0 Å². The van der Waals surface area contributed by atoms with Gasteiger partial charge in [0.05, 0.1) is 5.69 Å². The average molecular weight is 427 g/mol. The van der Waals surface area contributed by atoms with E-state index in [1.807, 2.05) is 0 Å². The Labute approximate surface area is 194 Å². The molecule has 0 atom stereocenters. The normalized spacial score (nSPS) is 14.8. The molecule has 0 N–H and O–H groups in total. The molecule has 168 valence electrons. The van der Waals surface area contributed by atoms with Gasteiger partial charge in [0.1, 0.15) is 0 Å². The molecule has 1 heterocycles. The lowest BCUT2D eigenvalue weighted by Crippen LogP contribution is -2.36. The Balaban J connectivity index is 1.61. The highest BCUT2D eigenvalue weighted by Gasteiger charge is 2.22. The first-order chi connectivity index (χ1) is 15.7. The summed E-state index contributed by atoms with van der Waals surface area (Å²) in [5.74, 6) is 0. The predicted octanol–water partition coefficient (Wildman–Crippen LogP) is 7.52. The molecule has 1 fully saturated rings. The van der Waals surface area contributed by atoms with E-state index in [0.29, 0.717) is 6.04 Å². The van der Waals surface area contributed by atoms with Crippen molar-refractivity contribution >= 4 is 0 Å². The fourth-order valence-corrected chi connectivity index (χ4v) is 5.26. The van der Waals surface area contributed by atoms with Crippen LogP contribution in [0.5, 0.6) is 0 Å². The molecule has 1 aliphatic rings. The topological polar surface area (TPSA) is 16.1 Å². The van der Waals surface area contributed by atoms with Gasteiger partial charge in [-0.25, -0.2) is 0 Å². The quantitative estimate of drug-likeness (QED) is 0.370. The Hall–Kier alpha value is -2.45. The Morgan fingerprint density at radius 1 is 0.750 bits per heavy atom. The molecule has 3 aromatic rings. The lowest BCUT2D eigenvalue weighted by molar-refractivity contribution is 0.139. The summed E-state index contributed by atoms with van der Waals surface area (Å²) < 4.78 is 0. The standard InChI is InChI=1S/C30H38N2/c1-4-25-15-12-16-26(5-2)30(25)29-20-19-27(23(3)31-29)22-32(28-17-10-7-11-18-28)21-24-13-8-6-9-14-24/h6,8-9,12-16,19-20,28H,4-5,7,10-11,17-18,21-22H2,1-3H3. The highest BCUT2D eigenvalue weighted by molar-refractivity contribution is 5.68. The van der Waals surface area contributed by atoms with Gasteiger partial charge in [0.25, 0.3) is 0 Å². The van der Waals surface area contributed by atoms with Crippen LogP contribution in [-0.2, 0) is 25.9 Å². The van der Waals surface area contributed by atoms with Crippen LogP contribution in [0.25, 0.3) is 11.3 Å². The number of pyridine rings is 1. The summed E-state index contributed by atoms with van der Waals surface area (Å²) in [5.41, 5.74) is 9.22. The van der Waals surface area contributed by atoms with Crippen molar-refractivity contribution in [2.75, 3.05) is 0 Å². The molecule has 0 bridgehead atoms. The van der Waals surface area contributed by atoms with Gasteiger partial charge in [-0.1, -0.05) is 87.7 Å². The van der Waals surface area contributed by atoms with Crippen molar-refractivity contribution in [1.82, 2.24) is 9.88 Å². The lowest BCUT2D eigenvalue weighted by Gasteiger charge is -2.35. The van der Waals surface area contributed by atoms with Gasteiger partial charge in [0.2, 0.25) is 0 Å². The van der Waals surface area contributed by atoms with Crippen molar-refractivity contribution in [3.8, 4) is 11.3 Å². The van der Waals surface area contributed by atoms with Gasteiger partial charge < -0.3 is 0 Å². The molecule has 1 saturated carbocycles. The number of aryl methyl sites for hydroxylation is 3. The van der Waals surface area contributed by atoms with E-state index in [0.717, 1.165) is 31.6 Å². The zero-order valence-electron chi connectivity index (χ0n) is 20.1. The first-order valence-corrected chi connectivity index (χ1v) is 12.5. The van der Waals surface area contributed by atoms with Crippen molar-refractivity contribution < 1.29 is 0 Å². The molecular weight excluding hydrogens is 388 g/mol. The Morgan fingerprint density at radius 3 is 2.06 bits per heavy atom. The first-order valence-electron chi connectivity index (χ1n) is 12.5. The van der Waals surface area contributed by atoms with Crippen LogP contribution in [-0.4, -0.2) is 15.9 Å². The predicted molar refractivity (Wildman–Crippen MR) is 136 cm³/mol. The fraction of sp³-hybridized carbons (Fsp3) is 0.433. The molecule has 0 saturated heterocycles. The number of aromatic nitrogens is 1. The van der Waals surface area contributed by atoms with Crippen LogP contribution in [0.2, 0.25) is 0 Å². The minimum atomic E-state index is 0.676. The molecule has 0 aliphatic heterocycles. The second-order valence-corrected chi connectivity index (χ2v) is 9.28. The van der Waals surface area contributed by atoms with Crippen LogP contribution in [0.1, 0.15) is 73.9 Å². The molecule has 2 nitrogen and oxygen atoms in total. The first kappa shape index (κ1) is 22.7. The summed E-state index contributed by atoms with van der Waals surface area (Å²) in [7, 11) is 0. The van der Waals surface area contributed by atoms with Crippen molar-refractivity contribution in [1.29, 1.82) is 0 Å². The van der Waals surface area contributed by atoms with Gasteiger partial charge in [-0.05, 0) is 60.9 Å². The number of hydrogen-bond donors (Lipinski definition) is 0. The maximum Gasteiger partial charge on any atom is 0.0710 e. The Kier molecular flexibility index (Phi) is 7.76. The summed E-state index contributed by atoms with van der Waals surface area (Å²) >= 11 is 0. The Bertz CT molecular complexity index is 980. The summed E-state index contributed by atoms with van der Waals surface area (Å²) in [4.78, 5) is 7.84. The molecule has 2 aromatic carbocycles. The summed E-state index contributed by atoms with van der Waals surface area (Å²) in [6.07, 6.45) is 8.83. The SMILES string of the molecule is CCc1cccc(CC)c1-c1ccc(CN(Cc2ccccc2)C2CCCCC2)c(C)n1. The van der Waals surface area contributed by atoms with Gasteiger partial charge in [0, 0.05) is 30.4 Å². The largest absolute Gasteiger partial charge is 0.292 e. The molecule has 32 heavy (non-hydrogen) atoms. The minimum Gasteiger partial charge on any atom is -0.292 e. The third kappa shape index (κ3) is 5.30. The highest BCUT2D eigenvalue weighted by Crippen LogP contribution is 2.30. The molecule has 2 heteroatoms. The van der Waals surface area contributed by atoms with Crippen LogP contribution in [0.15, 0.2) is 60.7 Å². The molecule has 1 aromatic heterocycles. The summed E-state index contributed by atoms with van der Waals surface area (Å²) in [6, 6.07) is 22.9. The van der Waals surface area contributed by atoms with E-state index in [1.165, 1.54) is 65.6 Å². The molecule has 0 amide bonds.